The molecule has 0 saturated carbocycles. The quantitative estimate of drug-likeness (QED) is 0.528. The molecule has 1 aromatic heterocycles. The van der Waals surface area contributed by atoms with Gasteiger partial charge in [0.2, 0.25) is 0 Å². The van der Waals surface area contributed by atoms with Gasteiger partial charge in [-0.05, 0) is 30.2 Å². The van der Waals surface area contributed by atoms with Crippen molar-refractivity contribution < 1.29 is 28.2 Å². The monoisotopic (exact) mass is 372 g/mol. The van der Waals surface area contributed by atoms with Gasteiger partial charge >= 0.3 is 11.6 Å². The molecular formula is C20H17FO6. The number of aromatic hydroxyl groups is 1. The van der Waals surface area contributed by atoms with Crippen LogP contribution in [-0.4, -0.2) is 17.7 Å². The van der Waals surface area contributed by atoms with E-state index in [9.17, 15) is 19.1 Å². The lowest BCUT2D eigenvalue weighted by atomic mass is 10.0. The third-order valence-corrected chi connectivity index (χ3v) is 3.95. The Labute approximate surface area is 153 Å². The normalized spacial score (nSPS) is 10.7. The third kappa shape index (κ3) is 4.44. The predicted octanol–water partition coefficient (Wildman–Crippen LogP) is 3.32. The van der Waals surface area contributed by atoms with Gasteiger partial charge in [-0.25, -0.2) is 14.0 Å². The van der Waals surface area contributed by atoms with Crippen molar-refractivity contribution in [1.29, 1.82) is 0 Å². The first-order valence-electron chi connectivity index (χ1n) is 8.29. The summed E-state index contributed by atoms with van der Waals surface area (Å²) < 4.78 is 28.5. The molecule has 0 atom stereocenters. The third-order valence-electron chi connectivity index (χ3n) is 3.95. The Hall–Kier alpha value is -3.35. The van der Waals surface area contributed by atoms with Crippen LogP contribution in [0.5, 0.6) is 11.5 Å². The summed E-state index contributed by atoms with van der Waals surface area (Å²) in [7, 11) is 0. The topological polar surface area (TPSA) is 86.0 Å². The average molecular weight is 372 g/mol. The van der Waals surface area contributed by atoms with E-state index < -0.39 is 24.0 Å². The number of carbonyl (C=O) groups is 1. The van der Waals surface area contributed by atoms with Crippen LogP contribution in [0.25, 0.3) is 11.0 Å². The Bertz CT molecular complexity index is 1040. The molecule has 6 nitrogen and oxygen atoms in total. The molecule has 3 aromatic rings. The van der Waals surface area contributed by atoms with Crippen LogP contribution in [0.15, 0.2) is 51.7 Å². The molecule has 0 radical (unpaired) electrons. The maximum Gasteiger partial charge on any atom is 0.344 e. The molecule has 140 valence electrons. The number of phenols is 1. The van der Waals surface area contributed by atoms with Crippen molar-refractivity contribution in [2.75, 3.05) is 6.61 Å². The van der Waals surface area contributed by atoms with Gasteiger partial charge in [0.05, 0.1) is 0 Å². The number of phenolic OH excluding ortho intramolecular Hbond substituents is 1. The number of benzene rings is 2. The fourth-order valence-corrected chi connectivity index (χ4v) is 2.61. The molecule has 0 amide bonds. The number of aryl methyl sites for hydroxylation is 1. The van der Waals surface area contributed by atoms with E-state index in [1.54, 1.807) is 6.07 Å². The molecule has 3 rings (SSSR count). The Kier molecular flexibility index (Phi) is 5.40. The zero-order valence-electron chi connectivity index (χ0n) is 14.5. The highest BCUT2D eigenvalue weighted by atomic mass is 19.1. The smallest absolute Gasteiger partial charge is 0.344 e. The van der Waals surface area contributed by atoms with E-state index >= 15 is 0 Å². The van der Waals surface area contributed by atoms with Crippen molar-refractivity contribution in [3.8, 4) is 11.5 Å². The first kappa shape index (κ1) is 18.4. The van der Waals surface area contributed by atoms with E-state index in [0.717, 1.165) is 6.07 Å². The summed E-state index contributed by atoms with van der Waals surface area (Å²) in [5.74, 6) is -0.903. The second-order valence-corrected chi connectivity index (χ2v) is 5.83. The number of carbonyl (C=O) groups excluding carboxylic acids is 1. The van der Waals surface area contributed by atoms with Crippen molar-refractivity contribution in [2.45, 2.75) is 20.0 Å². The zero-order chi connectivity index (χ0) is 19.4. The summed E-state index contributed by atoms with van der Waals surface area (Å²) >= 11 is 0. The van der Waals surface area contributed by atoms with Crippen LogP contribution in [-0.2, 0) is 22.6 Å². The van der Waals surface area contributed by atoms with Crippen LogP contribution < -0.4 is 10.4 Å². The number of rotatable bonds is 6. The minimum Gasteiger partial charge on any atom is -0.508 e. The second kappa shape index (κ2) is 7.90. The fourth-order valence-electron chi connectivity index (χ4n) is 2.61. The molecule has 0 unspecified atom stereocenters. The molecule has 0 fully saturated rings. The first-order chi connectivity index (χ1) is 13.0. The first-order valence-corrected chi connectivity index (χ1v) is 8.29. The van der Waals surface area contributed by atoms with Crippen LogP contribution in [0, 0.1) is 5.82 Å². The maximum absolute atomic E-state index is 13.1. The summed E-state index contributed by atoms with van der Waals surface area (Å²) in [6.07, 6.45) is 0.585. The van der Waals surface area contributed by atoms with E-state index in [2.05, 4.69) is 0 Å². The summed E-state index contributed by atoms with van der Waals surface area (Å²) in [5.41, 5.74) is 0.723. The van der Waals surface area contributed by atoms with E-state index in [1.807, 2.05) is 6.92 Å². The Morgan fingerprint density at radius 3 is 2.74 bits per heavy atom. The van der Waals surface area contributed by atoms with Crippen molar-refractivity contribution in [2.24, 2.45) is 0 Å². The molecule has 0 spiro atoms. The maximum atomic E-state index is 13.1. The molecule has 2 aromatic carbocycles. The highest BCUT2D eigenvalue weighted by molar-refractivity contribution is 5.83. The summed E-state index contributed by atoms with van der Waals surface area (Å²) in [6.45, 7) is 1.31. The van der Waals surface area contributed by atoms with Gasteiger partial charge in [-0.2, -0.15) is 0 Å². The van der Waals surface area contributed by atoms with Gasteiger partial charge in [0.25, 0.3) is 0 Å². The fraction of sp³-hybridized carbons (Fsp3) is 0.200. The predicted molar refractivity (Wildman–Crippen MR) is 95.2 cm³/mol. The molecule has 0 bridgehead atoms. The molecule has 0 aliphatic heterocycles. The van der Waals surface area contributed by atoms with E-state index in [-0.39, 0.29) is 23.7 Å². The van der Waals surface area contributed by atoms with Crippen LogP contribution in [0.4, 0.5) is 4.39 Å². The molecule has 7 heteroatoms. The summed E-state index contributed by atoms with van der Waals surface area (Å²) in [5, 5.41) is 10.5. The highest BCUT2D eigenvalue weighted by Crippen LogP contribution is 2.27. The molecule has 0 saturated heterocycles. The Morgan fingerprint density at radius 1 is 1.19 bits per heavy atom. The number of ether oxygens (including phenoxy) is 2. The van der Waals surface area contributed by atoms with Crippen molar-refractivity contribution in [3.05, 3.63) is 69.8 Å². The van der Waals surface area contributed by atoms with Crippen LogP contribution in [0.3, 0.4) is 0 Å². The number of fused-ring (bicyclic) bond motifs is 1. The molecule has 0 aliphatic carbocycles. The van der Waals surface area contributed by atoms with Crippen molar-refractivity contribution in [1.82, 2.24) is 0 Å². The minimum atomic E-state index is -0.671. The number of hydrogen-bond acceptors (Lipinski definition) is 6. The van der Waals surface area contributed by atoms with Gasteiger partial charge in [0.15, 0.2) is 6.61 Å². The van der Waals surface area contributed by atoms with E-state index in [1.165, 1.54) is 30.3 Å². The number of halogens is 1. The van der Waals surface area contributed by atoms with E-state index in [4.69, 9.17) is 13.9 Å². The van der Waals surface area contributed by atoms with Crippen LogP contribution >= 0.6 is 0 Å². The molecular weight excluding hydrogens is 355 g/mol. The van der Waals surface area contributed by atoms with Crippen LogP contribution in [0.1, 0.15) is 18.1 Å². The Balaban J connectivity index is 1.72. The second-order valence-electron chi connectivity index (χ2n) is 5.83. The van der Waals surface area contributed by atoms with E-state index in [0.29, 0.717) is 22.9 Å². The summed E-state index contributed by atoms with van der Waals surface area (Å²) in [4.78, 5) is 23.6. The van der Waals surface area contributed by atoms with Gasteiger partial charge in [-0.1, -0.05) is 13.0 Å². The molecule has 0 aliphatic rings. The van der Waals surface area contributed by atoms with Gasteiger partial charge in [-0.15, -0.1) is 0 Å². The van der Waals surface area contributed by atoms with Gasteiger partial charge in [0.1, 0.15) is 29.5 Å². The molecule has 1 N–H and O–H groups in total. The average Bonchev–Trinajstić information content (AvgIpc) is 2.63. The lowest BCUT2D eigenvalue weighted by molar-refractivity contribution is -0.147. The Morgan fingerprint density at radius 2 is 2.00 bits per heavy atom. The minimum absolute atomic E-state index is 0.0331. The number of esters is 1. The van der Waals surface area contributed by atoms with Crippen molar-refractivity contribution in [3.63, 3.8) is 0 Å². The number of hydrogen-bond donors (Lipinski definition) is 1. The lowest BCUT2D eigenvalue weighted by Gasteiger charge is -2.10. The molecule has 27 heavy (non-hydrogen) atoms. The van der Waals surface area contributed by atoms with Gasteiger partial charge in [-0.3, -0.25) is 0 Å². The van der Waals surface area contributed by atoms with Gasteiger partial charge < -0.3 is 19.0 Å². The zero-order valence-corrected chi connectivity index (χ0v) is 14.5. The van der Waals surface area contributed by atoms with Crippen molar-refractivity contribution >= 4 is 16.9 Å². The summed E-state index contributed by atoms with van der Waals surface area (Å²) in [6, 6.07) is 9.70. The van der Waals surface area contributed by atoms with Crippen LogP contribution in [0.2, 0.25) is 0 Å². The molecule has 1 heterocycles. The lowest BCUT2D eigenvalue weighted by Crippen LogP contribution is -2.15. The highest BCUT2D eigenvalue weighted by Gasteiger charge is 2.12. The standard InChI is InChI=1S/C20H17FO6/c1-2-12-6-16-13(7-19(23)27-18(16)9-17(12)22)10-26-20(24)11-25-15-5-3-4-14(21)8-15/h3-9,22H,2,10-11H2,1H3. The van der Waals surface area contributed by atoms with Gasteiger partial charge in [0, 0.05) is 29.1 Å². The largest absolute Gasteiger partial charge is 0.508 e. The SMILES string of the molecule is CCc1cc2c(COC(=O)COc3cccc(F)c3)cc(=O)oc2cc1O.